The molecule has 2 aliphatic rings. The average molecular weight is 341 g/mol. The predicted octanol–water partition coefficient (Wildman–Crippen LogP) is 4.13. The first-order valence-electron chi connectivity index (χ1n) is 7.41. The molecule has 0 heterocycles. The van der Waals surface area contributed by atoms with Gasteiger partial charge in [-0.15, -0.1) is 0 Å². The van der Waals surface area contributed by atoms with Gasteiger partial charge in [-0.25, -0.2) is 0 Å². The Kier molecular flexibility index (Phi) is 18.3. The van der Waals surface area contributed by atoms with Gasteiger partial charge in [0.1, 0.15) is 0 Å². The topological polar surface area (TPSA) is 29.5 Å². The van der Waals surface area contributed by atoms with Crippen LogP contribution in [0.15, 0.2) is 0 Å². The van der Waals surface area contributed by atoms with Crippen molar-refractivity contribution in [2.45, 2.75) is 64.3 Å². The van der Waals surface area contributed by atoms with E-state index >= 15 is 0 Å². The third-order valence-electron chi connectivity index (χ3n) is 4.03. The van der Waals surface area contributed by atoms with Crippen LogP contribution in [0.25, 0.3) is 0 Å². The van der Waals surface area contributed by atoms with Crippen molar-refractivity contribution in [3.8, 4) is 0 Å². The van der Waals surface area contributed by atoms with Gasteiger partial charge in [-0.05, 0) is 26.9 Å². The zero-order valence-corrected chi connectivity index (χ0v) is 15.7. The second kappa shape index (κ2) is 14.9. The summed E-state index contributed by atoms with van der Waals surface area (Å²) in [6.45, 7) is 2.07. The average Bonchev–Trinajstić information content (AvgIpc) is 3.00. The molecule has 2 saturated carbocycles. The van der Waals surface area contributed by atoms with Crippen molar-refractivity contribution >= 4 is 5.97 Å². The van der Waals surface area contributed by atoms with E-state index in [0.29, 0.717) is 18.6 Å². The summed E-state index contributed by atoms with van der Waals surface area (Å²) >= 11 is 0. The molecule has 0 saturated heterocycles. The van der Waals surface area contributed by atoms with Crippen LogP contribution in [0.3, 0.4) is 0 Å². The van der Waals surface area contributed by atoms with Gasteiger partial charge < -0.3 is 24.5 Å². The van der Waals surface area contributed by atoms with Crippen molar-refractivity contribution in [3.05, 3.63) is 14.9 Å². The number of ether oxygens (including phenoxy) is 1. The van der Waals surface area contributed by atoms with Crippen molar-refractivity contribution in [3.63, 3.8) is 0 Å². The van der Waals surface area contributed by atoms with E-state index in [9.17, 15) is 4.79 Å². The van der Waals surface area contributed by atoms with Gasteiger partial charge in [0.2, 0.25) is 0 Å². The molecule has 0 spiro atoms. The fourth-order valence-corrected chi connectivity index (χ4v) is 3.00. The maximum Gasteiger partial charge on any atom is 2.00 e. The standard InChI is InChI=1S/C10H19NO2.C5H10.2CH3.Fe/c1-8(12)13-7-9-5-4-6-10(9)11(2)3;1-2-4-5-3-1;;;/h9-10H,4-7H2,1-3H3;1-5H2;2*1H3;/q;;2*-1;+2. The van der Waals surface area contributed by atoms with Crippen molar-refractivity contribution in [1.82, 2.24) is 4.90 Å². The molecule has 2 rings (SSSR count). The van der Waals surface area contributed by atoms with Crippen LogP contribution in [0.1, 0.15) is 58.3 Å². The first kappa shape index (κ1) is 25.9. The molecule has 0 aromatic carbocycles. The Labute approximate surface area is 143 Å². The van der Waals surface area contributed by atoms with Crippen LogP contribution in [0, 0.1) is 20.8 Å². The molecule has 0 radical (unpaired) electrons. The Balaban J connectivity index is -0.000000349. The second-order valence-electron chi connectivity index (χ2n) is 5.79. The first-order chi connectivity index (χ1) is 8.61. The van der Waals surface area contributed by atoms with E-state index in [1.807, 2.05) is 0 Å². The van der Waals surface area contributed by atoms with Gasteiger partial charge in [-0.3, -0.25) is 4.79 Å². The van der Waals surface area contributed by atoms with Crippen molar-refractivity contribution in [2.75, 3.05) is 20.7 Å². The van der Waals surface area contributed by atoms with Crippen LogP contribution in [0.2, 0.25) is 0 Å². The Bertz CT molecular complexity index is 235. The summed E-state index contributed by atoms with van der Waals surface area (Å²) in [6, 6.07) is 0.597. The molecule has 0 aromatic heterocycles. The monoisotopic (exact) mass is 341 g/mol. The summed E-state index contributed by atoms with van der Waals surface area (Å²) in [5, 5.41) is 0. The van der Waals surface area contributed by atoms with Gasteiger partial charge in [0.05, 0.1) is 6.61 Å². The smallest absolute Gasteiger partial charge is 0.466 e. The Hall–Kier alpha value is -0.0505. The molecule has 3 nitrogen and oxygen atoms in total. The van der Waals surface area contributed by atoms with E-state index in [0.717, 1.165) is 0 Å². The van der Waals surface area contributed by atoms with Crippen molar-refractivity contribution in [2.24, 2.45) is 5.92 Å². The van der Waals surface area contributed by atoms with E-state index in [4.69, 9.17) is 4.74 Å². The van der Waals surface area contributed by atoms with E-state index < -0.39 is 0 Å². The summed E-state index contributed by atoms with van der Waals surface area (Å²) in [5.74, 6) is 0.378. The van der Waals surface area contributed by atoms with Crippen molar-refractivity contribution < 1.29 is 26.6 Å². The number of carbonyl (C=O) groups excluding carboxylic acids is 1. The third-order valence-corrected chi connectivity index (χ3v) is 4.03. The number of nitrogens with zero attached hydrogens (tertiary/aromatic N) is 1. The third kappa shape index (κ3) is 11.2. The summed E-state index contributed by atoms with van der Waals surface area (Å²) in [5.41, 5.74) is 0. The minimum Gasteiger partial charge on any atom is -0.466 e. The number of hydrogen-bond donors (Lipinski definition) is 0. The fourth-order valence-electron chi connectivity index (χ4n) is 3.00. The second-order valence-corrected chi connectivity index (χ2v) is 5.79. The largest absolute Gasteiger partial charge is 2.00 e. The maximum atomic E-state index is 10.6. The quantitative estimate of drug-likeness (QED) is 0.439. The van der Waals surface area contributed by atoms with Crippen LogP contribution in [-0.4, -0.2) is 37.6 Å². The predicted molar refractivity (Wildman–Crippen MR) is 87.4 cm³/mol. The van der Waals surface area contributed by atoms with Crippen LogP contribution in [0.5, 0.6) is 0 Å². The van der Waals surface area contributed by atoms with Gasteiger partial charge in [0.15, 0.2) is 0 Å². The molecular formula is C17H35FeNO2. The number of rotatable bonds is 3. The van der Waals surface area contributed by atoms with Gasteiger partial charge in [-0.1, -0.05) is 38.5 Å². The molecule has 0 aromatic rings. The summed E-state index contributed by atoms with van der Waals surface area (Å²) in [4.78, 5) is 12.9. The van der Waals surface area contributed by atoms with E-state index in [1.165, 1.54) is 58.3 Å². The molecule has 4 heteroatoms. The van der Waals surface area contributed by atoms with Gasteiger partial charge in [0.25, 0.3) is 0 Å². The molecule has 0 aliphatic heterocycles. The zero-order chi connectivity index (χ0) is 13.4. The maximum absolute atomic E-state index is 10.6. The first-order valence-corrected chi connectivity index (χ1v) is 7.41. The molecule has 2 aliphatic carbocycles. The fraction of sp³-hybridized carbons (Fsp3) is 0.824. The molecule has 2 fully saturated rings. The Morgan fingerprint density at radius 1 is 1.00 bits per heavy atom. The molecular weight excluding hydrogens is 306 g/mol. The summed E-state index contributed by atoms with van der Waals surface area (Å²) in [6.07, 6.45) is 11.2. The van der Waals surface area contributed by atoms with E-state index in [2.05, 4.69) is 19.0 Å². The van der Waals surface area contributed by atoms with Crippen molar-refractivity contribution in [1.29, 1.82) is 0 Å². The van der Waals surface area contributed by atoms with Crippen LogP contribution < -0.4 is 0 Å². The molecule has 0 N–H and O–H groups in total. The number of esters is 1. The number of hydrogen-bond acceptors (Lipinski definition) is 3. The Morgan fingerprint density at radius 3 is 1.86 bits per heavy atom. The summed E-state index contributed by atoms with van der Waals surface area (Å²) < 4.78 is 5.04. The number of carbonyl (C=O) groups is 1. The molecule has 21 heavy (non-hydrogen) atoms. The Morgan fingerprint density at radius 2 is 1.48 bits per heavy atom. The molecule has 0 amide bonds. The van der Waals surface area contributed by atoms with Gasteiger partial charge in [-0.2, -0.15) is 0 Å². The normalized spacial score (nSPS) is 23.0. The SMILES string of the molecule is C1CCCC1.CC(=O)OCC1CCCC1N(C)C.[CH3-].[CH3-].[Fe+2]. The summed E-state index contributed by atoms with van der Waals surface area (Å²) in [7, 11) is 4.19. The molecule has 0 bridgehead atoms. The van der Waals surface area contributed by atoms with Gasteiger partial charge >= 0.3 is 23.0 Å². The molecule has 128 valence electrons. The zero-order valence-electron chi connectivity index (χ0n) is 14.6. The minimum atomic E-state index is -0.163. The minimum absolute atomic E-state index is 0. The van der Waals surface area contributed by atoms with E-state index in [1.54, 1.807) is 0 Å². The molecule has 2 atom stereocenters. The molecule has 2 unspecified atom stereocenters. The van der Waals surface area contributed by atoms with Crippen LogP contribution in [0.4, 0.5) is 0 Å². The van der Waals surface area contributed by atoms with Gasteiger partial charge in [0, 0.05) is 18.9 Å². The van der Waals surface area contributed by atoms with Crippen LogP contribution >= 0.6 is 0 Å². The van der Waals surface area contributed by atoms with Crippen LogP contribution in [-0.2, 0) is 26.6 Å². The van der Waals surface area contributed by atoms with E-state index in [-0.39, 0.29) is 37.9 Å².